The van der Waals surface area contributed by atoms with Gasteiger partial charge < -0.3 is 20.1 Å². The van der Waals surface area contributed by atoms with Gasteiger partial charge in [0.1, 0.15) is 6.61 Å². The summed E-state index contributed by atoms with van der Waals surface area (Å²) in [5, 5.41) is 0. The number of carbonyl (C=O) groups is 2. The fourth-order valence-electron chi connectivity index (χ4n) is 12.2. The van der Waals surface area contributed by atoms with Crippen LogP contribution in [0.5, 0.6) is 0 Å². The average molecular weight is 1400 g/mol. The van der Waals surface area contributed by atoms with E-state index in [1.54, 1.807) is 0 Å². The Morgan fingerprint density at radius 3 is 0.828 bits per heavy atom. The van der Waals surface area contributed by atoms with Crippen molar-refractivity contribution >= 4 is 19.8 Å². The van der Waals surface area contributed by atoms with E-state index in [4.69, 9.17) is 24.3 Å². The van der Waals surface area contributed by atoms with E-state index in [9.17, 15) is 19.0 Å². The summed E-state index contributed by atoms with van der Waals surface area (Å²) in [6, 6.07) is 0. The molecule has 0 spiro atoms. The molecule has 2 unspecified atom stereocenters. The minimum Gasteiger partial charge on any atom is -0.462 e. The Morgan fingerprint density at radius 2 is 0.556 bits per heavy atom. The maximum absolute atomic E-state index is 12.8. The molecule has 0 rings (SSSR count). The van der Waals surface area contributed by atoms with E-state index < -0.39 is 26.5 Å². The first kappa shape index (κ1) is 95.4. The second-order valence-electron chi connectivity index (χ2n) is 28.0. The van der Waals surface area contributed by atoms with E-state index in [0.29, 0.717) is 6.42 Å². The number of rotatable bonds is 79. The second kappa shape index (κ2) is 83.4. The third-order valence-electron chi connectivity index (χ3n) is 18.4. The van der Waals surface area contributed by atoms with Crippen molar-refractivity contribution in [3.8, 4) is 0 Å². The number of allylic oxidation sites excluding steroid dienone is 20. The smallest absolute Gasteiger partial charge is 0.462 e. The lowest BCUT2D eigenvalue weighted by molar-refractivity contribution is -0.161. The highest BCUT2D eigenvalue weighted by Gasteiger charge is 2.26. The summed E-state index contributed by atoms with van der Waals surface area (Å²) < 4.78 is 33.3. The van der Waals surface area contributed by atoms with E-state index in [-0.39, 0.29) is 38.6 Å². The van der Waals surface area contributed by atoms with Gasteiger partial charge in [0.2, 0.25) is 0 Å². The third kappa shape index (κ3) is 83.2. The number of phosphoric acid groups is 1. The Hall–Kier alpha value is -3.59. The van der Waals surface area contributed by atoms with Gasteiger partial charge in [-0.3, -0.25) is 18.6 Å². The molecule has 0 aliphatic heterocycles. The highest BCUT2D eigenvalue weighted by molar-refractivity contribution is 7.47. The summed E-state index contributed by atoms with van der Waals surface area (Å²) in [5.74, 6) is -0.821. The zero-order chi connectivity index (χ0) is 71.5. The van der Waals surface area contributed by atoms with Crippen molar-refractivity contribution in [1.82, 2.24) is 0 Å². The Kier molecular flexibility index (Phi) is 80.3. The van der Waals surface area contributed by atoms with Crippen LogP contribution in [-0.2, 0) is 32.7 Å². The fourth-order valence-corrected chi connectivity index (χ4v) is 13.0. The number of hydrogen-bond donors (Lipinski definition) is 2. The van der Waals surface area contributed by atoms with Gasteiger partial charge >= 0.3 is 19.8 Å². The van der Waals surface area contributed by atoms with Gasteiger partial charge in [-0.15, -0.1) is 0 Å². The fraction of sp³-hybridized carbons (Fsp3) is 0.753. The van der Waals surface area contributed by atoms with Crippen LogP contribution in [0.3, 0.4) is 0 Å². The van der Waals surface area contributed by atoms with Crippen molar-refractivity contribution in [2.24, 2.45) is 5.73 Å². The molecule has 99 heavy (non-hydrogen) atoms. The molecule has 0 fully saturated rings. The number of ether oxygens (including phenoxy) is 2. The molecule has 0 aliphatic carbocycles. The van der Waals surface area contributed by atoms with Gasteiger partial charge in [-0.2, -0.15) is 0 Å². The molecule has 0 bridgehead atoms. The highest BCUT2D eigenvalue weighted by atomic mass is 31.2. The van der Waals surface area contributed by atoms with Crippen molar-refractivity contribution in [3.05, 3.63) is 122 Å². The lowest BCUT2D eigenvalue weighted by Gasteiger charge is -2.19. The zero-order valence-corrected chi connectivity index (χ0v) is 65.6. The summed E-state index contributed by atoms with van der Waals surface area (Å²) in [6.45, 7) is 3.68. The SMILES string of the molecule is CC/C=C\C/C=C\C/C=C\C/C=C\C/C=C\C/C=C\C/C=C\C/C=C\C/C=C\C/C=C\CCCCCCCCCCCCC(=O)OC(COC(=O)CCCCCCCCCCCCCCCCCCCCCCCCCCCCCCCCCCCCCCC)COP(=O)(O)OCCN. The summed E-state index contributed by atoms with van der Waals surface area (Å²) in [5.41, 5.74) is 5.42. The molecule has 0 radical (unpaired) electrons. The van der Waals surface area contributed by atoms with Crippen molar-refractivity contribution in [1.29, 1.82) is 0 Å². The molecule has 0 aliphatic rings. The highest BCUT2D eigenvalue weighted by Crippen LogP contribution is 2.43. The van der Waals surface area contributed by atoms with Gasteiger partial charge in [0.25, 0.3) is 0 Å². The van der Waals surface area contributed by atoms with Crippen LogP contribution in [0.4, 0.5) is 0 Å². The molecule has 572 valence electrons. The van der Waals surface area contributed by atoms with Crippen LogP contribution < -0.4 is 5.73 Å². The minimum absolute atomic E-state index is 0.0497. The number of carbonyl (C=O) groups excluding carboxylic acids is 2. The van der Waals surface area contributed by atoms with Crippen LogP contribution in [-0.4, -0.2) is 49.3 Å². The number of unbranched alkanes of at least 4 members (excludes halogenated alkanes) is 46. The molecule has 0 aromatic heterocycles. The standard InChI is InChI=1S/C89H158NO8P/c1-3-5-7-9-11-13-15-17-19-21-23-25-27-29-31-33-35-37-39-41-42-43-44-46-48-50-52-54-56-58-60-62-64-66-68-70-72-74-76-78-80-82-89(92)98-87(86-97-99(93,94)96-84-83-90)85-95-88(91)81-79-77-75-73-71-69-67-65-63-61-59-57-55-53-51-49-47-45-40-38-36-34-32-30-28-26-24-22-20-18-16-14-12-10-8-6-4-2/h5,7,11,13,17,19,23,25,29,31,35,37,41-42,44,46,50,52,56,58,87H,3-4,6,8-10,12,14-16,18,20-22,24,26-28,30,32-34,36,38-40,43,45,47-49,51,53-55,57,59-86,90H2,1-2H3,(H,93,94)/b7-5-,13-11-,19-17-,25-23-,31-29-,37-35-,42-41-,46-44-,52-50-,58-56-. The first-order valence-electron chi connectivity index (χ1n) is 42.0. The number of nitrogens with two attached hydrogens (primary N) is 1. The molecule has 10 heteroatoms. The van der Waals surface area contributed by atoms with E-state index in [0.717, 1.165) is 109 Å². The Bertz CT molecular complexity index is 2050. The molecule has 9 nitrogen and oxygen atoms in total. The van der Waals surface area contributed by atoms with Gasteiger partial charge in [0.15, 0.2) is 6.10 Å². The second-order valence-corrected chi connectivity index (χ2v) is 29.4. The van der Waals surface area contributed by atoms with Crippen LogP contribution in [0, 0.1) is 0 Å². The summed E-state index contributed by atoms with van der Waals surface area (Å²) in [7, 11) is -4.40. The normalized spacial score (nSPS) is 13.5. The predicted octanol–water partition coefficient (Wildman–Crippen LogP) is 28.5. The lowest BCUT2D eigenvalue weighted by atomic mass is 10.0. The molecule has 0 heterocycles. The molecule has 0 aromatic rings. The van der Waals surface area contributed by atoms with E-state index in [2.05, 4.69) is 135 Å². The molecule has 2 atom stereocenters. The predicted molar refractivity (Wildman–Crippen MR) is 431 cm³/mol. The maximum atomic E-state index is 12.8. The first-order chi connectivity index (χ1) is 48.8. The molecule has 0 amide bonds. The van der Waals surface area contributed by atoms with Crippen LogP contribution in [0.1, 0.15) is 399 Å². The first-order valence-corrected chi connectivity index (χ1v) is 43.5. The number of hydrogen-bond acceptors (Lipinski definition) is 8. The molecule has 3 N–H and O–H groups in total. The summed E-state index contributed by atoms with van der Waals surface area (Å²) >= 11 is 0. The van der Waals surface area contributed by atoms with Crippen LogP contribution in [0.2, 0.25) is 0 Å². The van der Waals surface area contributed by atoms with Gasteiger partial charge in [0.05, 0.1) is 13.2 Å². The monoisotopic (exact) mass is 1400 g/mol. The van der Waals surface area contributed by atoms with Gasteiger partial charge in [-0.1, -0.05) is 418 Å². The molecule has 0 saturated heterocycles. The van der Waals surface area contributed by atoms with Gasteiger partial charge in [0, 0.05) is 19.4 Å². The van der Waals surface area contributed by atoms with Crippen molar-refractivity contribution in [2.45, 2.75) is 405 Å². The summed E-state index contributed by atoms with van der Waals surface area (Å²) in [4.78, 5) is 35.5. The van der Waals surface area contributed by atoms with E-state index in [1.165, 1.54) is 257 Å². The molecule has 0 aromatic carbocycles. The Morgan fingerprint density at radius 1 is 0.313 bits per heavy atom. The van der Waals surface area contributed by atoms with Crippen LogP contribution >= 0.6 is 7.82 Å². The zero-order valence-electron chi connectivity index (χ0n) is 64.7. The van der Waals surface area contributed by atoms with Gasteiger partial charge in [-0.25, -0.2) is 4.57 Å². The molecular weight excluding hydrogens is 1240 g/mol. The Labute approximate surface area is 612 Å². The van der Waals surface area contributed by atoms with Gasteiger partial charge in [-0.05, 0) is 89.9 Å². The minimum atomic E-state index is -4.40. The molecule has 0 saturated carbocycles. The van der Waals surface area contributed by atoms with Crippen LogP contribution in [0.15, 0.2) is 122 Å². The average Bonchev–Trinajstić information content (AvgIpc) is 1.19. The maximum Gasteiger partial charge on any atom is 0.472 e. The molecular formula is C89H158NO8P. The van der Waals surface area contributed by atoms with Crippen molar-refractivity contribution < 1.29 is 37.6 Å². The van der Waals surface area contributed by atoms with Crippen LogP contribution in [0.25, 0.3) is 0 Å². The Balaban J connectivity index is 3.83. The van der Waals surface area contributed by atoms with Crippen molar-refractivity contribution in [3.63, 3.8) is 0 Å². The largest absolute Gasteiger partial charge is 0.472 e. The van der Waals surface area contributed by atoms with E-state index >= 15 is 0 Å². The quantitative estimate of drug-likeness (QED) is 0.0264. The van der Waals surface area contributed by atoms with E-state index in [1.807, 2.05) is 0 Å². The topological polar surface area (TPSA) is 134 Å². The lowest BCUT2D eigenvalue weighted by Crippen LogP contribution is -2.29. The number of esters is 2. The third-order valence-corrected chi connectivity index (χ3v) is 19.3. The van der Waals surface area contributed by atoms with Crippen molar-refractivity contribution in [2.75, 3.05) is 26.4 Å². The summed E-state index contributed by atoms with van der Waals surface area (Å²) in [6.07, 6.45) is 118. The number of phosphoric ester groups is 1.